The molecule has 0 fully saturated rings. The molecule has 18 heavy (non-hydrogen) atoms. The summed E-state index contributed by atoms with van der Waals surface area (Å²) in [5.74, 6) is 0. The number of nitrogens with zero attached hydrogens (tertiary/aromatic N) is 1. The highest BCUT2D eigenvalue weighted by Crippen LogP contribution is 2.31. The fourth-order valence-corrected chi connectivity index (χ4v) is 2.81. The summed E-state index contributed by atoms with van der Waals surface area (Å²) >= 11 is 13.5. The van der Waals surface area contributed by atoms with E-state index in [2.05, 4.69) is 11.4 Å². The Kier molecular flexibility index (Phi) is 4.13. The summed E-state index contributed by atoms with van der Waals surface area (Å²) in [6.45, 7) is 2.03. The molecular formula is C13H10Cl2N2S. The van der Waals surface area contributed by atoms with Crippen LogP contribution >= 0.6 is 34.5 Å². The maximum atomic E-state index is 8.87. The molecule has 5 heteroatoms. The van der Waals surface area contributed by atoms with Crippen LogP contribution in [-0.2, 0) is 0 Å². The van der Waals surface area contributed by atoms with Gasteiger partial charge in [0.2, 0.25) is 0 Å². The van der Waals surface area contributed by atoms with Gasteiger partial charge >= 0.3 is 0 Å². The molecule has 1 aromatic heterocycles. The van der Waals surface area contributed by atoms with Crippen LogP contribution < -0.4 is 5.32 Å². The lowest BCUT2D eigenvalue weighted by molar-refractivity contribution is 0.908. The molecule has 0 aliphatic rings. The molecular weight excluding hydrogens is 287 g/mol. The van der Waals surface area contributed by atoms with Crippen LogP contribution in [0, 0.1) is 11.3 Å². The van der Waals surface area contributed by atoms with E-state index in [-0.39, 0.29) is 6.04 Å². The third-order valence-corrected chi connectivity index (χ3v) is 4.23. The summed E-state index contributed by atoms with van der Waals surface area (Å²) in [4.78, 5) is 1.12. The van der Waals surface area contributed by atoms with Crippen LogP contribution in [0.4, 0.5) is 5.69 Å². The van der Waals surface area contributed by atoms with Crippen molar-refractivity contribution < 1.29 is 0 Å². The summed E-state index contributed by atoms with van der Waals surface area (Å²) in [5.41, 5.74) is 1.34. The van der Waals surface area contributed by atoms with Crippen LogP contribution in [0.3, 0.4) is 0 Å². The molecule has 0 saturated carbocycles. The Hall–Kier alpha value is -1.21. The van der Waals surface area contributed by atoms with Gasteiger partial charge in [-0.25, -0.2) is 0 Å². The first kappa shape index (κ1) is 13.2. The minimum Gasteiger partial charge on any atom is -0.376 e. The van der Waals surface area contributed by atoms with E-state index in [0.29, 0.717) is 10.6 Å². The van der Waals surface area contributed by atoms with Crippen LogP contribution in [0.1, 0.15) is 23.4 Å². The standard InChI is InChI=1S/C13H10Cl2N2S/c1-8(12-4-5-13(15)18-12)17-11-6-9(7-16)2-3-10(11)14/h2-6,8,17H,1H3. The van der Waals surface area contributed by atoms with Crippen molar-refractivity contribution in [2.45, 2.75) is 13.0 Å². The molecule has 0 spiro atoms. The fraction of sp³-hybridized carbons (Fsp3) is 0.154. The summed E-state index contributed by atoms with van der Waals surface area (Å²) < 4.78 is 0.760. The van der Waals surface area contributed by atoms with Gasteiger partial charge in [-0.1, -0.05) is 23.2 Å². The van der Waals surface area contributed by atoms with E-state index >= 15 is 0 Å². The van der Waals surface area contributed by atoms with Crippen LogP contribution in [0.2, 0.25) is 9.36 Å². The summed E-state index contributed by atoms with van der Waals surface area (Å²) in [6, 6.07) is 11.2. The maximum absolute atomic E-state index is 8.87. The first-order valence-electron chi connectivity index (χ1n) is 5.31. The number of rotatable bonds is 3. The number of anilines is 1. The van der Waals surface area contributed by atoms with Crippen molar-refractivity contribution in [1.29, 1.82) is 5.26 Å². The Morgan fingerprint density at radius 2 is 2.06 bits per heavy atom. The van der Waals surface area contributed by atoms with Crippen LogP contribution in [0.15, 0.2) is 30.3 Å². The normalized spacial score (nSPS) is 11.9. The molecule has 0 bridgehead atoms. The van der Waals surface area contributed by atoms with Crippen molar-refractivity contribution in [2.75, 3.05) is 5.32 Å². The van der Waals surface area contributed by atoms with E-state index in [4.69, 9.17) is 28.5 Å². The molecule has 0 aliphatic carbocycles. The highest BCUT2D eigenvalue weighted by atomic mass is 35.5. The topological polar surface area (TPSA) is 35.8 Å². The number of thiophene rings is 1. The summed E-state index contributed by atoms with van der Waals surface area (Å²) in [7, 11) is 0. The van der Waals surface area contributed by atoms with Gasteiger partial charge in [-0.15, -0.1) is 11.3 Å². The number of nitrogens with one attached hydrogen (secondary N) is 1. The van der Waals surface area contributed by atoms with Crippen LogP contribution in [0.25, 0.3) is 0 Å². The zero-order chi connectivity index (χ0) is 13.1. The molecule has 0 saturated heterocycles. The lowest BCUT2D eigenvalue weighted by Crippen LogP contribution is -2.05. The molecule has 0 aliphatic heterocycles. The van der Waals surface area contributed by atoms with E-state index < -0.39 is 0 Å². The Balaban J connectivity index is 2.21. The molecule has 2 rings (SSSR count). The Morgan fingerprint density at radius 1 is 1.28 bits per heavy atom. The smallest absolute Gasteiger partial charge is 0.0992 e. The average molecular weight is 297 g/mol. The summed E-state index contributed by atoms with van der Waals surface area (Å²) in [6.07, 6.45) is 0. The molecule has 92 valence electrons. The highest BCUT2D eigenvalue weighted by Gasteiger charge is 2.10. The van der Waals surface area contributed by atoms with Gasteiger partial charge in [0.1, 0.15) is 0 Å². The predicted octanol–water partition coefficient (Wildman–Crippen LogP) is 5.10. The first-order chi connectivity index (χ1) is 8.60. The van der Waals surface area contributed by atoms with E-state index in [0.717, 1.165) is 14.9 Å². The maximum Gasteiger partial charge on any atom is 0.0992 e. The molecule has 1 N–H and O–H groups in total. The molecule has 1 unspecified atom stereocenters. The number of hydrogen-bond acceptors (Lipinski definition) is 3. The van der Waals surface area contributed by atoms with Crippen molar-refractivity contribution in [2.24, 2.45) is 0 Å². The third-order valence-electron chi connectivity index (χ3n) is 2.49. The monoisotopic (exact) mass is 296 g/mol. The zero-order valence-corrected chi connectivity index (χ0v) is 11.9. The number of benzene rings is 1. The molecule has 1 heterocycles. The van der Waals surface area contributed by atoms with E-state index in [1.54, 1.807) is 18.2 Å². The van der Waals surface area contributed by atoms with Gasteiger partial charge in [0.25, 0.3) is 0 Å². The molecule has 0 radical (unpaired) electrons. The molecule has 1 aromatic carbocycles. The first-order valence-corrected chi connectivity index (χ1v) is 6.89. The number of halogens is 2. The van der Waals surface area contributed by atoms with E-state index in [1.807, 2.05) is 19.1 Å². The largest absolute Gasteiger partial charge is 0.376 e. The second kappa shape index (κ2) is 5.62. The van der Waals surface area contributed by atoms with Crippen molar-refractivity contribution in [3.63, 3.8) is 0 Å². The van der Waals surface area contributed by atoms with Crippen molar-refractivity contribution in [1.82, 2.24) is 0 Å². The highest BCUT2D eigenvalue weighted by molar-refractivity contribution is 7.16. The Bertz CT molecular complexity index is 601. The molecule has 2 nitrogen and oxygen atoms in total. The fourth-order valence-electron chi connectivity index (χ4n) is 1.57. The number of hydrogen-bond donors (Lipinski definition) is 1. The lowest BCUT2D eigenvalue weighted by atomic mass is 10.2. The average Bonchev–Trinajstić information content (AvgIpc) is 2.79. The molecule has 2 aromatic rings. The molecule has 1 atom stereocenters. The Labute approximate surface area is 120 Å². The molecule has 0 amide bonds. The lowest BCUT2D eigenvalue weighted by Gasteiger charge is -2.15. The van der Waals surface area contributed by atoms with Gasteiger partial charge in [0, 0.05) is 4.88 Å². The Morgan fingerprint density at radius 3 is 2.67 bits per heavy atom. The predicted molar refractivity (Wildman–Crippen MR) is 77.5 cm³/mol. The van der Waals surface area contributed by atoms with Gasteiger partial charge in [-0.05, 0) is 37.3 Å². The van der Waals surface area contributed by atoms with Crippen molar-refractivity contribution >= 4 is 40.2 Å². The van der Waals surface area contributed by atoms with Crippen LogP contribution in [-0.4, -0.2) is 0 Å². The van der Waals surface area contributed by atoms with Gasteiger partial charge in [0.05, 0.1) is 32.7 Å². The third kappa shape index (κ3) is 2.97. The summed E-state index contributed by atoms with van der Waals surface area (Å²) in [5, 5.41) is 12.8. The van der Waals surface area contributed by atoms with Gasteiger partial charge < -0.3 is 5.32 Å². The van der Waals surface area contributed by atoms with Gasteiger partial charge in [-0.2, -0.15) is 5.26 Å². The minimum absolute atomic E-state index is 0.0916. The second-order valence-electron chi connectivity index (χ2n) is 3.81. The van der Waals surface area contributed by atoms with E-state index in [9.17, 15) is 0 Å². The van der Waals surface area contributed by atoms with E-state index in [1.165, 1.54) is 11.3 Å². The second-order valence-corrected chi connectivity index (χ2v) is 5.97. The van der Waals surface area contributed by atoms with Crippen molar-refractivity contribution in [3.05, 3.63) is 50.1 Å². The van der Waals surface area contributed by atoms with Crippen LogP contribution in [0.5, 0.6) is 0 Å². The van der Waals surface area contributed by atoms with Crippen molar-refractivity contribution in [3.8, 4) is 6.07 Å². The van der Waals surface area contributed by atoms with Gasteiger partial charge in [0.15, 0.2) is 0 Å². The zero-order valence-electron chi connectivity index (χ0n) is 9.58. The quantitative estimate of drug-likeness (QED) is 0.855. The minimum atomic E-state index is 0.0916. The SMILES string of the molecule is CC(Nc1cc(C#N)ccc1Cl)c1ccc(Cl)s1. The van der Waals surface area contributed by atoms with Gasteiger partial charge in [-0.3, -0.25) is 0 Å². The number of nitriles is 1.